The molecule has 1 amide bonds. The molecule has 0 radical (unpaired) electrons. The van der Waals surface area contributed by atoms with E-state index in [2.05, 4.69) is 5.32 Å². The van der Waals surface area contributed by atoms with Crippen LogP contribution in [0.5, 0.6) is 0 Å². The van der Waals surface area contributed by atoms with Crippen LogP contribution in [0.3, 0.4) is 0 Å². The van der Waals surface area contributed by atoms with E-state index in [1.165, 1.54) is 0 Å². The van der Waals surface area contributed by atoms with Gasteiger partial charge in [-0.3, -0.25) is 9.59 Å². The molecule has 0 aliphatic carbocycles. The molecule has 0 saturated carbocycles. The standard InChI is InChI=1S/C22H21NO3S/c24-21(23-13-14-27-19-10-2-1-3-11-19)16-26-22(25)15-18-9-6-8-17-7-4-5-12-20(17)18/h1-12H,13-16H2,(H,23,24). The van der Waals surface area contributed by atoms with Gasteiger partial charge >= 0.3 is 5.97 Å². The van der Waals surface area contributed by atoms with Crippen LogP contribution in [0.2, 0.25) is 0 Å². The highest BCUT2D eigenvalue weighted by molar-refractivity contribution is 7.99. The summed E-state index contributed by atoms with van der Waals surface area (Å²) in [5, 5.41) is 4.87. The third-order valence-corrected chi connectivity index (χ3v) is 5.03. The highest BCUT2D eigenvalue weighted by atomic mass is 32.2. The van der Waals surface area contributed by atoms with Crippen molar-refractivity contribution in [1.82, 2.24) is 5.32 Å². The lowest BCUT2D eigenvalue weighted by atomic mass is 10.0. The normalized spacial score (nSPS) is 10.5. The SMILES string of the molecule is O=C(COC(=O)Cc1cccc2ccccc12)NCCSc1ccccc1. The third-order valence-electron chi connectivity index (χ3n) is 4.02. The van der Waals surface area contributed by atoms with Crippen molar-refractivity contribution >= 4 is 34.4 Å². The number of esters is 1. The molecule has 0 bridgehead atoms. The van der Waals surface area contributed by atoms with E-state index in [9.17, 15) is 9.59 Å². The molecule has 5 heteroatoms. The topological polar surface area (TPSA) is 55.4 Å². The zero-order valence-electron chi connectivity index (χ0n) is 14.9. The van der Waals surface area contributed by atoms with Crippen molar-refractivity contribution in [3.8, 4) is 0 Å². The fourth-order valence-electron chi connectivity index (χ4n) is 2.73. The summed E-state index contributed by atoms with van der Waals surface area (Å²) in [5.74, 6) is 0.0785. The Bertz CT molecular complexity index is 906. The van der Waals surface area contributed by atoms with Gasteiger partial charge < -0.3 is 10.1 Å². The number of ether oxygens (including phenoxy) is 1. The largest absolute Gasteiger partial charge is 0.455 e. The van der Waals surface area contributed by atoms with Crippen molar-refractivity contribution in [2.45, 2.75) is 11.3 Å². The molecule has 1 N–H and O–H groups in total. The van der Waals surface area contributed by atoms with E-state index in [-0.39, 0.29) is 18.9 Å². The van der Waals surface area contributed by atoms with E-state index >= 15 is 0 Å². The van der Waals surface area contributed by atoms with E-state index in [0.29, 0.717) is 6.54 Å². The lowest BCUT2D eigenvalue weighted by Crippen LogP contribution is -2.30. The highest BCUT2D eigenvalue weighted by Gasteiger charge is 2.10. The molecule has 4 nitrogen and oxygen atoms in total. The fraction of sp³-hybridized carbons (Fsp3) is 0.182. The molecule has 138 valence electrons. The molecule has 0 heterocycles. The first-order chi connectivity index (χ1) is 13.2. The van der Waals surface area contributed by atoms with Crippen LogP contribution < -0.4 is 5.32 Å². The zero-order chi connectivity index (χ0) is 18.9. The molecule has 0 unspecified atom stereocenters. The maximum Gasteiger partial charge on any atom is 0.310 e. The predicted octanol–water partition coefficient (Wildman–Crippen LogP) is 3.83. The summed E-state index contributed by atoms with van der Waals surface area (Å²) in [6, 6.07) is 23.7. The number of benzene rings is 3. The number of carbonyl (C=O) groups excluding carboxylic acids is 2. The Hall–Kier alpha value is -2.79. The Balaban J connectivity index is 1.39. The summed E-state index contributed by atoms with van der Waals surface area (Å²) < 4.78 is 5.11. The quantitative estimate of drug-likeness (QED) is 0.367. The van der Waals surface area contributed by atoms with Crippen molar-refractivity contribution in [3.63, 3.8) is 0 Å². The number of thioether (sulfide) groups is 1. The Morgan fingerprint density at radius 1 is 0.889 bits per heavy atom. The molecular formula is C22H21NO3S. The second-order valence-corrected chi connectivity index (χ2v) is 7.16. The van der Waals surface area contributed by atoms with Crippen LogP contribution in [0, 0.1) is 0 Å². The minimum absolute atomic E-state index is 0.151. The molecule has 0 atom stereocenters. The van der Waals surface area contributed by atoms with Crippen LogP contribution in [-0.4, -0.2) is 30.8 Å². The van der Waals surface area contributed by atoms with Gasteiger partial charge in [-0.1, -0.05) is 60.7 Å². The summed E-state index contributed by atoms with van der Waals surface area (Å²) in [7, 11) is 0. The first kappa shape index (κ1) is 19.0. The molecule has 0 aliphatic heterocycles. The van der Waals surface area contributed by atoms with Crippen LogP contribution in [-0.2, 0) is 20.7 Å². The van der Waals surface area contributed by atoms with Crippen LogP contribution in [0.25, 0.3) is 10.8 Å². The van der Waals surface area contributed by atoms with E-state index in [0.717, 1.165) is 27.0 Å². The first-order valence-electron chi connectivity index (χ1n) is 8.79. The number of carbonyl (C=O) groups is 2. The van der Waals surface area contributed by atoms with Crippen LogP contribution in [0.1, 0.15) is 5.56 Å². The second kappa shape index (κ2) is 9.78. The molecule has 0 aromatic heterocycles. The first-order valence-corrected chi connectivity index (χ1v) is 9.78. The van der Waals surface area contributed by atoms with Crippen LogP contribution >= 0.6 is 11.8 Å². The summed E-state index contributed by atoms with van der Waals surface area (Å²) in [6.45, 7) is 0.277. The van der Waals surface area contributed by atoms with Gasteiger partial charge in [0.15, 0.2) is 6.61 Å². The number of rotatable bonds is 8. The number of hydrogen-bond donors (Lipinski definition) is 1. The molecule has 27 heavy (non-hydrogen) atoms. The molecule has 0 saturated heterocycles. The predicted molar refractivity (Wildman–Crippen MR) is 109 cm³/mol. The zero-order valence-corrected chi connectivity index (χ0v) is 15.7. The number of nitrogens with one attached hydrogen (secondary N) is 1. The average molecular weight is 379 g/mol. The van der Waals surface area contributed by atoms with Crippen molar-refractivity contribution in [3.05, 3.63) is 78.4 Å². The average Bonchev–Trinajstić information content (AvgIpc) is 2.71. The van der Waals surface area contributed by atoms with Crippen molar-refractivity contribution in [2.75, 3.05) is 18.9 Å². The van der Waals surface area contributed by atoms with E-state index in [1.807, 2.05) is 72.8 Å². The number of hydrogen-bond acceptors (Lipinski definition) is 4. The van der Waals surface area contributed by atoms with Crippen LogP contribution in [0.15, 0.2) is 77.7 Å². The van der Waals surface area contributed by atoms with E-state index < -0.39 is 5.97 Å². The molecular weight excluding hydrogens is 358 g/mol. The van der Waals surface area contributed by atoms with Crippen molar-refractivity contribution in [2.24, 2.45) is 0 Å². The number of amides is 1. The van der Waals surface area contributed by atoms with Gasteiger partial charge in [0.2, 0.25) is 0 Å². The molecule has 3 aromatic carbocycles. The Morgan fingerprint density at radius 3 is 2.48 bits per heavy atom. The monoisotopic (exact) mass is 379 g/mol. The Morgan fingerprint density at radius 2 is 1.63 bits per heavy atom. The van der Waals surface area contributed by atoms with E-state index in [4.69, 9.17) is 4.74 Å². The van der Waals surface area contributed by atoms with Gasteiger partial charge in [-0.25, -0.2) is 0 Å². The minimum Gasteiger partial charge on any atom is -0.455 e. The summed E-state index contributed by atoms with van der Waals surface area (Å²) in [4.78, 5) is 25.1. The smallest absolute Gasteiger partial charge is 0.310 e. The summed E-state index contributed by atoms with van der Waals surface area (Å²) >= 11 is 1.67. The molecule has 0 aliphatic rings. The summed E-state index contributed by atoms with van der Waals surface area (Å²) in [6.07, 6.45) is 0.151. The maximum atomic E-state index is 12.1. The van der Waals surface area contributed by atoms with Gasteiger partial charge in [-0.2, -0.15) is 0 Å². The highest BCUT2D eigenvalue weighted by Crippen LogP contribution is 2.19. The Kier molecular flexibility index (Phi) is 6.88. The number of fused-ring (bicyclic) bond motifs is 1. The van der Waals surface area contributed by atoms with Gasteiger partial charge in [0.05, 0.1) is 6.42 Å². The van der Waals surface area contributed by atoms with Gasteiger partial charge in [0.1, 0.15) is 0 Å². The van der Waals surface area contributed by atoms with Gasteiger partial charge in [0, 0.05) is 17.2 Å². The lowest BCUT2D eigenvalue weighted by molar-refractivity contribution is -0.147. The third kappa shape index (κ3) is 5.86. The summed E-state index contributed by atoms with van der Waals surface area (Å²) in [5.41, 5.74) is 0.901. The maximum absolute atomic E-state index is 12.1. The van der Waals surface area contributed by atoms with Gasteiger partial charge in [-0.15, -0.1) is 11.8 Å². The van der Waals surface area contributed by atoms with Gasteiger partial charge in [0.25, 0.3) is 5.91 Å². The molecule has 3 aromatic rings. The Labute approximate surface area is 162 Å². The van der Waals surface area contributed by atoms with Gasteiger partial charge in [-0.05, 0) is 28.5 Å². The fourth-order valence-corrected chi connectivity index (χ4v) is 3.52. The molecule has 3 rings (SSSR count). The molecule has 0 fully saturated rings. The van der Waals surface area contributed by atoms with Crippen LogP contribution in [0.4, 0.5) is 0 Å². The van der Waals surface area contributed by atoms with E-state index in [1.54, 1.807) is 11.8 Å². The second-order valence-electron chi connectivity index (χ2n) is 5.99. The lowest BCUT2D eigenvalue weighted by Gasteiger charge is -2.08. The minimum atomic E-state index is -0.403. The van der Waals surface area contributed by atoms with Crippen molar-refractivity contribution < 1.29 is 14.3 Å². The molecule has 0 spiro atoms. The van der Waals surface area contributed by atoms with Crippen molar-refractivity contribution in [1.29, 1.82) is 0 Å².